The minimum atomic E-state index is -3.76. The second-order valence-corrected chi connectivity index (χ2v) is 9.37. The molecule has 1 aliphatic rings. The minimum absolute atomic E-state index is 0.0593. The highest BCUT2D eigenvalue weighted by Crippen LogP contribution is 2.20. The van der Waals surface area contributed by atoms with Crippen LogP contribution in [0.3, 0.4) is 0 Å². The van der Waals surface area contributed by atoms with E-state index in [1.54, 1.807) is 23.1 Å². The molecule has 0 bridgehead atoms. The van der Waals surface area contributed by atoms with Crippen molar-refractivity contribution in [1.82, 2.24) is 24.8 Å². The first-order valence-electron chi connectivity index (χ1n) is 10.2. The van der Waals surface area contributed by atoms with Gasteiger partial charge in [-0.25, -0.2) is 23.2 Å². The maximum atomic E-state index is 11.6. The Morgan fingerprint density at radius 3 is 2.59 bits per heavy atom. The monoisotopic (exact) mass is 450 g/mol. The van der Waals surface area contributed by atoms with Gasteiger partial charge in [0.2, 0.25) is 10.0 Å². The number of hydrogen-bond donors (Lipinski definition) is 1. The van der Waals surface area contributed by atoms with Gasteiger partial charge >= 0.3 is 0 Å². The molecule has 5 rings (SSSR count). The van der Waals surface area contributed by atoms with Crippen LogP contribution in [0.5, 0.6) is 0 Å². The molecule has 32 heavy (non-hydrogen) atoms. The zero-order valence-electron chi connectivity index (χ0n) is 17.3. The van der Waals surface area contributed by atoms with E-state index < -0.39 is 10.0 Å². The zero-order chi connectivity index (χ0) is 22.1. The molecule has 4 aromatic rings. The molecule has 0 saturated heterocycles. The van der Waals surface area contributed by atoms with Gasteiger partial charge in [-0.05, 0) is 29.8 Å². The Kier molecular flexibility index (Phi) is 5.33. The lowest BCUT2D eigenvalue weighted by molar-refractivity contribution is 0.238. The standard InChI is InChI=1S/C22H22N6O3S/c23-32(29,30)19-8-6-18(7-9-19)28-22(12-16-4-2-1-3-5-16)24-21(25-28)14-27-11-10-20-17(13-27)15-31-26-20/h1-9,15H,10-14H2,(H2,23,29,30). The first-order chi connectivity index (χ1) is 15.5. The molecule has 0 radical (unpaired) electrons. The maximum absolute atomic E-state index is 11.6. The molecule has 0 fully saturated rings. The van der Waals surface area contributed by atoms with Crippen molar-refractivity contribution >= 4 is 10.0 Å². The van der Waals surface area contributed by atoms with Crippen molar-refractivity contribution in [2.45, 2.75) is 30.8 Å². The second kappa shape index (κ2) is 8.30. The van der Waals surface area contributed by atoms with Crippen LogP contribution in [0, 0.1) is 0 Å². The molecule has 164 valence electrons. The Morgan fingerprint density at radius 1 is 1.06 bits per heavy atom. The third-order valence-corrected chi connectivity index (χ3v) is 6.41. The van der Waals surface area contributed by atoms with E-state index in [4.69, 9.17) is 19.7 Å². The lowest BCUT2D eigenvalue weighted by Crippen LogP contribution is -2.30. The predicted octanol–water partition coefficient (Wildman–Crippen LogP) is 2.05. The van der Waals surface area contributed by atoms with Crippen LogP contribution >= 0.6 is 0 Å². The molecule has 0 aliphatic carbocycles. The van der Waals surface area contributed by atoms with Gasteiger partial charge in [-0.2, -0.15) is 0 Å². The number of sulfonamides is 1. The van der Waals surface area contributed by atoms with Crippen LogP contribution < -0.4 is 5.14 Å². The highest BCUT2D eigenvalue weighted by atomic mass is 32.2. The molecule has 0 saturated carbocycles. The minimum Gasteiger partial charge on any atom is -0.364 e. The molecule has 0 atom stereocenters. The molecule has 3 heterocycles. The molecular formula is C22H22N6O3S. The van der Waals surface area contributed by atoms with Crippen LogP contribution in [0.1, 0.15) is 28.5 Å². The van der Waals surface area contributed by atoms with E-state index in [0.29, 0.717) is 18.8 Å². The van der Waals surface area contributed by atoms with Crippen LogP contribution in [0.25, 0.3) is 5.69 Å². The van der Waals surface area contributed by atoms with Gasteiger partial charge in [0.05, 0.1) is 22.8 Å². The Balaban J connectivity index is 1.45. The number of nitrogens with zero attached hydrogens (tertiary/aromatic N) is 5. The van der Waals surface area contributed by atoms with E-state index in [1.165, 1.54) is 12.1 Å². The van der Waals surface area contributed by atoms with E-state index >= 15 is 0 Å². The van der Waals surface area contributed by atoms with Crippen molar-refractivity contribution in [1.29, 1.82) is 0 Å². The van der Waals surface area contributed by atoms with Crippen molar-refractivity contribution in [3.05, 3.63) is 89.3 Å². The number of aromatic nitrogens is 4. The molecule has 1 aliphatic heterocycles. The van der Waals surface area contributed by atoms with E-state index in [0.717, 1.165) is 47.8 Å². The Labute approximate surface area is 185 Å². The molecule has 0 unspecified atom stereocenters. The van der Waals surface area contributed by atoms with Gasteiger partial charge in [-0.15, -0.1) is 5.10 Å². The summed E-state index contributed by atoms with van der Waals surface area (Å²) in [4.78, 5) is 7.14. The Morgan fingerprint density at radius 2 is 1.84 bits per heavy atom. The molecular weight excluding hydrogens is 428 g/mol. The van der Waals surface area contributed by atoms with Crippen molar-refractivity contribution in [2.24, 2.45) is 5.14 Å². The van der Waals surface area contributed by atoms with E-state index in [2.05, 4.69) is 10.1 Å². The predicted molar refractivity (Wildman–Crippen MR) is 116 cm³/mol. The average molecular weight is 451 g/mol. The average Bonchev–Trinajstić information content (AvgIpc) is 3.40. The molecule has 0 amide bonds. The summed E-state index contributed by atoms with van der Waals surface area (Å²) >= 11 is 0. The van der Waals surface area contributed by atoms with Crippen LogP contribution in [0.15, 0.2) is 70.3 Å². The fourth-order valence-corrected chi connectivity index (χ4v) is 4.38. The number of rotatable bonds is 6. The summed E-state index contributed by atoms with van der Waals surface area (Å²) in [5.41, 5.74) is 3.95. The summed E-state index contributed by atoms with van der Waals surface area (Å²) in [5, 5.41) is 14.0. The van der Waals surface area contributed by atoms with Gasteiger partial charge in [0.15, 0.2) is 5.82 Å². The maximum Gasteiger partial charge on any atom is 0.238 e. The smallest absolute Gasteiger partial charge is 0.238 e. The Bertz CT molecular complexity index is 1330. The number of primary sulfonamides is 1. The van der Waals surface area contributed by atoms with E-state index in [1.807, 2.05) is 30.3 Å². The number of hydrogen-bond acceptors (Lipinski definition) is 7. The molecule has 2 aromatic carbocycles. The van der Waals surface area contributed by atoms with Crippen molar-refractivity contribution < 1.29 is 12.9 Å². The third kappa shape index (κ3) is 4.33. The van der Waals surface area contributed by atoms with Gasteiger partial charge in [-0.3, -0.25) is 4.90 Å². The molecule has 2 N–H and O–H groups in total. The fraction of sp³-hybridized carbons (Fsp3) is 0.227. The Hall–Kier alpha value is -3.34. The van der Waals surface area contributed by atoms with Gasteiger partial charge in [0.1, 0.15) is 12.1 Å². The second-order valence-electron chi connectivity index (χ2n) is 7.80. The summed E-state index contributed by atoms with van der Waals surface area (Å²) in [6, 6.07) is 16.4. The number of nitrogens with two attached hydrogens (primary N) is 1. The largest absolute Gasteiger partial charge is 0.364 e. The SMILES string of the molecule is NS(=O)(=O)c1ccc(-n2nc(CN3CCc4nocc4C3)nc2Cc2ccccc2)cc1. The quantitative estimate of drug-likeness (QED) is 0.477. The van der Waals surface area contributed by atoms with Crippen molar-refractivity contribution in [3.8, 4) is 5.69 Å². The topological polar surface area (TPSA) is 120 Å². The van der Waals surface area contributed by atoms with E-state index in [9.17, 15) is 8.42 Å². The lowest BCUT2D eigenvalue weighted by atomic mass is 10.1. The van der Waals surface area contributed by atoms with Crippen molar-refractivity contribution in [2.75, 3.05) is 6.54 Å². The highest BCUT2D eigenvalue weighted by molar-refractivity contribution is 7.89. The molecule has 0 spiro atoms. The fourth-order valence-electron chi connectivity index (χ4n) is 3.87. The normalized spacial score (nSPS) is 14.4. The summed E-state index contributed by atoms with van der Waals surface area (Å²) < 4.78 is 30.1. The number of fused-ring (bicyclic) bond motifs is 1. The van der Waals surface area contributed by atoms with Gasteiger partial charge < -0.3 is 4.52 Å². The van der Waals surface area contributed by atoms with Crippen LogP contribution in [-0.4, -0.2) is 39.8 Å². The van der Waals surface area contributed by atoms with Gasteiger partial charge in [0.25, 0.3) is 0 Å². The van der Waals surface area contributed by atoms with Crippen LogP contribution in [-0.2, 0) is 36.0 Å². The molecule has 9 nitrogen and oxygen atoms in total. The van der Waals surface area contributed by atoms with Crippen LogP contribution in [0.2, 0.25) is 0 Å². The van der Waals surface area contributed by atoms with Crippen LogP contribution in [0.4, 0.5) is 0 Å². The lowest BCUT2D eigenvalue weighted by Gasteiger charge is -2.23. The molecule has 2 aromatic heterocycles. The third-order valence-electron chi connectivity index (χ3n) is 5.49. The molecule has 10 heteroatoms. The van der Waals surface area contributed by atoms with Gasteiger partial charge in [-0.1, -0.05) is 35.5 Å². The summed E-state index contributed by atoms with van der Waals surface area (Å²) in [6.45, 7) is 2.18. The van der Waals surface area contributed by atoms with Crippen molar-refractivity contribution in [3.63, 3.8) is 0 Å². The van der Waals surface area contributed by atoms with E-state index in [-0.39, 0.29) is 4.90 Å². The summed E-state index contributed by atoms with van der Waals surface area (Å²) in [6.07, 6.45) is 3.13. The first-order valence-corrected chi connectivity index (χ1v) is 11.8. The summed E-state index contributed by atoms with van der Waals surface area (Å²) in [5.74, 6) is 1.48. The summed E-state index contributed by atoms with van der Waals surface area (Å²) in [7, 11) is -3.76. The highest BCUT2D eigenvalue weighted by Gasteiger charge is 2.22. The van der Waals surface area contributed by atoms with Gasteiger partial charge in [0, 0.05) is 31.5 Å². The zero-order valence-corrected chi connectivity index (χ0v) is 18.1. The first kappa shape index (κ1) is 20.6. The number of benzene rings is 2.